The molecule has 280 valence electrons. The molecule has 4 heterocycles. The number of benzene rings is 3. The van der Waals surface area contributed by atoms with Crippen LogP contribution in [-0.2, 0) is 31.2 Å². The monoisotopic (exact) mass is 754 g/mol. The number of aliphatic hydroxyl groups is 1. The Morgan fingerprint density at radius 2 is 1.26 bits per heavy atom. The third-order valence-electron chi connectivity index (χ3n) is 11.3. The molecule has 11 heteroatoms. The molecule has 2 aliphatic heterocycles. The Balaban J connectivity index is 1.39. The summed E-state index contributed by atoms with van der Waals surface area (Å²) in [6.45, 7) is 17.5. The molecule has 9 nitrogen and oxygen atoms in total. The number of rotatable bonds is 12. The van der Waals surface area contributed by atoms with Gasteiger partial charge in [0.1, 0.15) is 44.1 Å². The van der Waals surface area contributed by atoms with Crippen LogP contribution in [-0.4, -0.2) is 63.4 Å². The van der Waals surface area contributed by atoms with Crippen LogP contribution < -0.4 is 5.45 Å². The largest absolute Gasteiger partial charge is 0.388 e. The quantitative estimate of drug-likeness (QED) is 0.0772. The summed E-state index contributed by atoms with van der Waals surface area (Å²) in [5.74, 6) is -0.662. The number of aromatic nitrogens is 4. The van der Waals surface area contributed by atoms with Gasteiger partial charge >= 0.3 is 0 Å². The van der Waals surface area contributed by atoms with E-state index in [1.54, 1.807) is 0 Å². The predicted molar refractivity (Wildman–Crippen MR) is 210 cm³/mol. The summed E-state index contributed by atoms with van der Waals surface area (Å²) in [7, 11) is -2.48. The minimum Gasteiger partial charge on any atom is -0.388 e. The number of fused-ring (bicyclic) bond motifs is 2. The van der Waals surface area contributed by atoms with Crippen molar-refractivity contribution >= 4 is 36.3 Å². The Morgan fingerprint density at radius 3 is 1.74 bits per heavy atom. The summed E-state index contributed by atoms with van der Waals surface area (Å²) in [5.41, 5.74) is 4.95. The molecule has 4 atom stereocenters. The van der Waals surface area contributed by atoms with Crippen molar-refractivity contribution in [2.24, 2.45) is 0 Å². The van der Waals surface area contributed by atoms with E-state index in [2.05, 4.69) is 87.5 Å². The van der Waals surface area contributed by atoms with Gasteiger partial charge in [0.2, 0.25) is 0 Å². The molecule has 0 aliphatic carbocycles. The van der Waals surface area contributed by atoms with E-state index in [4.69, 9.17) is 40.5 Å². The first-order valence-corrected chi connectivity index (χ1v) is 21.3. The van der Waals surface area contributed by atoms with Crippen molar-refractivity contribution in [1.29, 1.82) is 0 Å². The zero-order chi connectivity index (χ0) is 37.7. The number of ether oxygens (including phenoxy) is 4. The lowest BCUT2D eigenvalue weighted by Crippen LogP contribution is -2.60. The van der Waals surface area contributed by atoms with Gasteiger partial charge in [0.25, 0.3) is 0 Å². The zero-order valence-electron chi connectivity index (χ0n) is 31.9. The number of halogens is 1. The molecule has 3 aromatic carbocycles. The van der Waals surface area contributed by atoms with Crippen LogP contribution in [0.2, 0.25) is 21.8 Å². The molecule has 0 unspecified atom stereocenters. The number of hydrogen-bond donors (Lipinski definition) is 1. The van der Waals surface area contributed by atoms with Gasteiger partial charge in [-0.2, -0.15) is 0 Å². The summed E-state index contributed by atoms with van der Waals surface area (Å²) in [6.07, 6.45) is -2.19. The molecular formula is C42H51ClN4O5Si. The van der Waals surface area contributed by atoms with E-state index in [1.807, 2.05) is 68.4 Å². The standard InChI is InChI=1S/C42H51ClN4O5Si/c1-26(2)53(27(3)4,28(5)6)40-46-34-37(43)44-33(24-48)45-38(34)47(40)39-36-35(51-41(7,8)52-36)32(50-39)25-49-42(29-18-12-9-13-19-29,30-20-14-10-15-21-30)31-22-16-11-17-23-31/h9-23,26-28,32,35-36,39,48H,24-25H2,1-8H3/t32-,35-,36-,39-/m1/s1. The highest BCUT2D eigenvalue weighted by atomic mass is 35.5. The van der Waals surface area contributed by atoms with Gasteiger partial charge < -0.3 is 24.1 Å². The number of imidazole rings is 1. The van der Waals surface area contributed by atoms with Gasteiger partial charge in [-0.3, -0.25) is 4.57 Å². The lowest BCUT2D eigenvalue weighted by atomic mass is 9.80. The fourth-order valence-electron chi connectivity index (χ4n) is 9.35. The van der Waals surface area contributed by atoms with Crippen LogP contribution in [0.1, 0.15) is 84.1 Å². The molecule has 0 bridgehead atoms. The van der Waals surface area contributed by atoms with Crippen molar-refractivity contribution in [3.8, 4) is 0 Å². The second-order valence-electron chi connectivity index (χ2n) is 15.7. The van der Waals surface area contributed by atoms with Crippen molar-refractivity contribution < 1.29 is 24.1 Å². The van der Waals surface area contributed by atoms with Crippen molar-refractivity contribution in [3.63, 3.8) is 0 Å². The fraction of sp³-hybridized carbons (Fsp3) is 0.452. The smallest absolute Gasteiger partial charge is 0.167 e. The number of aliphatic hydroxyl groups excluding tert-OH is 1. The summed E-state index contributed by atoms with van der Waals surface area (Å²) < 4.78 is 30.0. The van der Waals surface area contributed by atoms with Crippen LogP contribution in [0.5, 0.6) is 0 Å². The third-order valence-corrected chi connectivity index (χ3v) is 18.4. The molecule has 5 aromatic rings. The maximum Gasteiger partial charge on any atom is 0.167 e. The van der Waals surface area contributed by atoms with Crippen LogP contribution in [0.3, 0.4) is 0 Å². The second-order valence-corrected chi connectivity index (χ2v) is 21.8. The Labute approximate surface area is 318 Å². The topological polar surface area (TPSA) is 101 Å². The molecule has 1 N–H and O–H groups in total. The van der Waals surface area contributed by atoms with Gasteiger partial charge in [-0.25, -0.2) is 15.0 Å². The molecule has 2 aromatic heterocycles. The van der Waals surface area contributed by atoms with Gasteiger partial charge in [0.05, 0.1) is 12.1 Å². The van der Waals surface area contributed by atoms with E-state index in [0.29, 0.717) is 27.8 Å². The molecule has 2 aliphatic rings. The summed E-state index contributed by atoms with van der Waals surface area (Å²) in [5, 5.41) is 10.4. The van der Waals surface area contributed by atoms with Crippen LogP contribution in [0, 0.1) is 0 Å². The predicted octanol–water partition coefficient (Wildman–Crippen LogP) is 8.28. The lowest BCUT2D eigenvalue weighted by molar-refractivity contribution is -0.204. The van der Waals surface area contributed by atoms with Gasteiger partial charge in [0, 0.05) is 0 Å². The van der Waals surface area contributed by atoms with Crippen molar-refractivity contribution in [1.82, 2.24) is 19.5 Å². The minimum absolute atomic E-state index is 0.191. The van der Waals surface area contributed by atoms with Gasteiger partial charge in [-0.1, -0.05) is 144 Å². The van der Waals surface area contributed by atoms with Crippen LogP contribution in [0.15, 0.2) is 91.0 Å². The molecule has 53 heavy (non-hydrogen) atoms. The molecule has 0 radical (unpaired) electrons. The van der Waals surface area contributed by atoms with Gasteiger partial charge in [-0.15, -0.1) is 0 Å². The molecule has 0 saturated carbocycles. The maximum atomic E-state index is 10.2. The van der Waals surface area contributed by atoms with Crippen molar-refractivity contribution in [2.75, 3.05) is 6.61 Å². The molecule has 2 saturated heterocycles. The minimum atomic E-state index is -2.48. The van der Waals surface area contributed by atoms with Crippen LogP contribution in [0.25, 0.3) is 11.2 Å². The Kier molecular flexibility index (Phi) is 10.4. The van der Waals surface area contributed by atoms with E-state index in [1.165, 1.54) is 0 Å². The average molecular weight is 755 g/mol. The van der Waals surface area contributed by atoms with Crippen LogP contribution in [0.4, 0.5) is 0 Å². The van der Waals surface area contributed by atoms with Crippen molar-refractivity contribution in [2.45, 2.75) is 115 Å². The number of hydrogen-bond acceptors (Lipinski definition) is 8. The van der Waals surface area contributed by atoms with Gasteiger partial charge in [0.15, 0.2) is 28.6 Å². The van der Waals surface area contributed by atoms with E-state index in [-0.39, 0.29) is 24.2 Å². The first kappa shape index (κ1) is 37.8. The highest BCUT2D eigenvalue weighted by Crippen LogP contribution is 2.48. The SMILES string of the molecule is CC(C)[Si](c1nc2c(Cl)nc(CO)nc2n1[C@@H]1O[C@H](COC(c2ccccc2)(c2ccccc2)c2ccccc2)[C@H]2OC(C)(C)O[C@H]21)(C(C)C)C(C)C. The van der Waals surface area contributed by atoms with E-state index in [0.717, 1.165) is 22.1 Å². The van der Waals surface area contributed by atoms with Gasteiger partial charge in [-0.05, 0) is 47.2 Å². The second kappa shape index (κ2) is 14.6. The van der Waals surface area contributed by atoms with Crippen LogP contribution >= 0.6 is 11.6 Å². The first-order valence-electron chi connectivity index (χ1n) is 18.7. The molecule has 0 spiro atoms. The summed E-state index contributed by atoms with van der Waals surface area (Å²) in [6, 6.07) is 31.0. The summed E-state index contributed by atoms with van der Waals surface area (Å²) in [4.78, 5) is 14.6. The normalized spacial score (nSPS) is 21.7. The average Bonchev–Trinajstić information content (AvgIpc) is 3.78. The van der Waals surface area contributed by atoms with E-state index >= 15 is 0 Å². The third kappa shape index (κ3) is 6.36. The summed E-state index contributed by atoms with van der Waals surface area (Å²) >= 11 is 6.84. The number of nitrogens with zero attached hydrogens (tertiary/aromatic N) is 4. The first-order chi connectivity index (χ1) is 25.3. The maximum absolute atomic E-state index is 10.2. The molecule has 7 rings (SSSR count). The Hall–Kier alpha value is -3.48. The highest BCUT2D eigenvalue weighted by molar-refractivity contribution is 6.94. The van der Waals surface area contributed by atoms with E-state index < -0.39 is 44.0 Å². The van der Waals surface area contributed by atoms with E-state index in [9.17, 15) is 5.11 Å². The fourth-order valence-corrected chi connectivity index (χ4v) is 16.1. The zero-order valence-corrected chi connectivity index (χ0v) is 33.6. The molecule has 2 fully saturated rings. The molecular weight excluding hydrogens is 704 g/mol. The molecule has 0 amide bonds. The lowest BCUT2D eigenvalue weighted by Gasteiger charge is -2.43. The Morgan fingerprint density at radius 1 is 0.774 bits per heavy atom. The Bertz CT molecular complexity index is 1910. The van der Waals surface area contributed by atoms with Crippen molar-refractivity contribution in [3.05, 3.63) is 119 Å². The highest BCUT2D eigenvalue weighted by Gasteiger charge is 2.59.